The second kappa shape index (κ2) is 6.70. The Labute approximate surface area is 122 Å². The number of rotatable bonds is 6. The van der Waals surface area contributed by atoms with Crippen LogP contribution in [-0.2, 0) is 13.0 Å². The summed E-state index contributed by atoms with van der Waals surface area (Å²) in [4.78, 5) is 2.54. The van der Waals surface area contributed by atoms with E-state index in [4.69, 9.17) is 0 Å². The van der Waals surface area contributed by atoms with Crippen LogP contribution in [0, 0.1) is 0 Å². The SMILES string of the molecule is OCC(CCN1CCCc2ccccc2C1)NC1CC1. The van der Waals surface area contributed by atoms with Gasteiger partial charge in [0.25, 0.3) is 0 Å². The smallest absolute Gasteiger partial charge is 0.0585 e. The normalized spacial score (nSPS) is 21.2. The van der Waals surface area contributed by atoms with Gasteiger partial charge in [0.05, 0.1) is 6.61 Å². The van der Waals surface area contributed by atoms with Gasteiger partial charge in [0.1, 0.15) is 0 Å². The fraction of sp³-hybridized carbons (Fsp3) is 0.647. The molecule has 3 rings (SSSR count). The minimum atomic E-state index is 0.265. The standard InChI is InChI=1S/C17H26N2O/c20-13-17(18-16-7-8-16)9-11-19-10-3-6-14-4-1-2-5-15(14)12-19/h1-2,4-5,16-18,20H,3,6-13H2. The van der Waals surface area contributed by atoms with E-state index in [0.29, 0.717) is 6.04 Å². The van der Waals surface area contributed by atoms with Crippen LogP contribution in [0.5, 0.6) is 0 Å². The maximum absolute atomic E-state index is 9.46. The zero-order valence-electron chi connectivity index (χ0n) is 12.2. The summed E-state index contributed by atoms with van der Waals surface area (Å²) in [5.41, 5.74) is 3.01. The Morgan fingerprint density at radius 1 is 1.25 bits per heavy atom. The maximum Gasteiger partial charge on any atom is 0.0585 e. The van der Waals surface area contributed by atoms with Crippen molar-refractivity contribution in [3.63, 3.8) is 0 Å². The monoisotopic (exact) mass is 274 g/mol. The molecule has 1 fully saturated rings. The lowest BCUT2D eigenvalue weighted by atomic mass is 10.0. The molecule has 1 aromatic carbocycles. The molecular formula is C17H26N2O. The summed E-state index contributed by atoms with van der Waals surface area (Å²) in [7, 11) is 0. The molecule has 0 amide bonds. The van der Waals surface area contributed by atoms with Gasteiger partial charge in [0.15, 0.2) is 0 Å². The third kappa shape index (κ3) is 3.81. The highest BCUT2D eigenvalue weighted by molar-refractivity contribution is 5.27. The lowest BCUT2D eigenvalue weighted by molar-refractivity contribution is 0.202. The zero-order chi connectivity index (χ0) is 13.8. The Kier molecular flexibility index (Phi) is 4.71. The Balaban J connectivity index is 1.52. The molecule has 1 heterocycles. The molecule has 110 valence electrons. The van der Waals surface area contributed by atoms with Crippen molar-refractivity contribution < 1.29 is 5.11 Å². The van der Waals surface area contributed by atoms with Gasteiger partial charge in [-0.05, 0) is 49.8 Å². The lowest BCUT2D eigenvalue weighted by Crippen LogP contribution is -2.38. The highest BCUT2D eigenvalue weighted by atomic mass is 16.3. The van der Waals surface area contributed by atoms with E-state index >= 15 is 0 Å². The molecule has 1 atom stereocenters. The van der Waals surface area contributed by atoms with Crippen LogP contribution in [0.2, 0.25) is 0 Å². The predicted molar refractivity (Wildman–Crippen MR) is 81.7 cm³/mol. The molecule has 1 aliphatic carbocycles. The molecule has 2 N–H and O–H groups in total. The second-order valence-corrected chi connectivity index (χ2v) is 6.26. The minimum absolute atomic E-state index is 0.265. The minimum Gasteiger partial charge on any atom is -0.395 e. The number of aliphatic hydroxyl groups is 1. The number of benzene rings is 1. The molecule has 0 spiro atoms. The van der Waals surface area contributed by atoms with E-state index in [2.05, 4.69) is 34.5 Å². The van der Waals surface area contributed by atoms with Gasteiger partial charge in [0, 0.05) is 25.2 Å². The summed E-state index contributed by atoms with van der Waals surface area (Å²) >= 11 is 0. The number of aliphatic hydroxyl groups excluding tert-OH is 1. The van der Waals surface area contributed by atoms with E-state index in [-0.39, 0.29) is 12.6 Å². The topological polar surface area (TPSA) is 35.5 Å². The molecule has 1 unspecified atom stereocenters. The van der Waals surface area contributed by atoms with Crippen LogP contribution in [0.3, 0.4) is 0 Å². The second-order valence-electron chi connectivity index (χ2n) is 6.26. The summed E-state index contributed by atoms with van der Waals surface area (Å²) in [6.45, 7) is 3.59. The molecule has 2 aliphatic rings. The average molecular weight is 274 g/mol. The van der Waals surface area contributed by atoms with E-state index in [1.807, 2.05) is 0 Å². The van der Waals surface area contributed by atoms with Crippen molar-refractivity contribution in [2.75, 3.05) is 19.7 Å². The first-order chi connectivity index (χ1) is 9.85. The first-order valence-corrected chi connectivity index (χ1v) is 8.01. The lowest BCUT2D eigenvalue weighted by Gasteiger charge is -2.24. The van der Waals surface area contributed by atoms with E-state index in [0.717, 1.165) is 19.5 Å². The van der Waals surface area contributed by atoms with E-state index in [9.17, 15) is 5.11 Å². The molecule has 3 nitrogen and oxygen atoms in total. The number of nitrogens with one attached hydrogen (secondary N) is 1. The Morgan fingerprint density at radius 2 is 2.05 bits per heavy atom. The fourth-order valence-electron chi connectivity index (χ4n) is 3.11. The summed E-state index contributed by atoms with van der Waals surface area (Å²) in [6, 6.07) is 9.78. The maximum atomic E-state index is 9.46. The molecule has 0 aromatic heterocycles. The van der Waals surface area contributed by atoms with Crippen LogP contribution in [0.1, 0.15) is 36.8 Å². The molecule has 1 aliphatic heterocycles. The van der Waals surface area contributed by atoms with E-state index in [1.165, 1.54) is 43.4 Å². The van der Waals surface area contributed by atoms with Crippen molar-refractivity contribution in [3.05, 3.63) is 35.4 Å². The summed E-state index contributed by atoms with van der Waals surface area (Å²) in [5, 5.41) is 13.0. The van der Waals surface area contributed by atoms with Gasteiger partial charge in [-0.2, -0.15) is 0 Å². The van der Waals surface area contributed by atoms with Gasteiger partial charge >= 0.3 is 0 Å². The Morgan fingerprint density at radius 3 is 2.80 bits per heavy atom. The third-order valence-electron chi connectivity index (χ3n) is 4.50. The Bertz CT molecular complexity index is 431. The molecule has 20 heavy (non-hydrogen) atoms. The van der Waals surface area contributed by atoms with E-state index < -0.39 is 0 Å². The molecular weight excluding hydrogens is 248 g/mol. The molecule has 1 aromatic rings. The fourth-order valence-corrected chi connectivity index (χ4v) is 3.11. The van der Waals surface area contributed by atoms with Crippen LogP contribution in [0.4, 0.5) is 0 Å². The van der Waals surface area contributed by atoms with E-state index in [1.54, 1.807) is 0 Å². The summed E-state index contributed by atoms with van der Waals surface area (Å²) in [6.07, 6.45) is 6.07. The van der Waals surface area contributed by atoms with Crippen molar-refractivity contribution in [1.82, 2.24) is 10.2 Å². The van der Waals surface area contributed by atoms with Gasteiger partial charge in [-0.3, -0.25) is 4.90 Å². The number of fused-ring (bicyclic) bond motifs is 1. The average Bonchev–Trinajstić information content (AvgIpc) is 3.29. The molecule has 0 radical (unpaired) electrons. The number of aryl methyl sites for hydroxylation is 1. The van der Waals surface area contributed by atoms with Gasteiger partial charge in [-0.15, -0.1) is 0 Å². The number of hydrogen-bond donors (Lipinski definition) is 2. The largest absolute Gasteiger partial charge is 0.395 e. The summed E-state index contributed by atoms with van der Waals surface area (Å²) < 4.78 is 0. The van der Waals surface area contributed by atoms with Gasteiger partial charge in [0.2, 0.25) is 0 Å². The van der Waals surface area contributed by atoms with Crippen LogP contribution in [0.15, 0.2) is 24.3 Å². The number of hydrogen-bond acceptors (Lipinski definition) is 3. The van der Waals surface area contributed by atoms with Crippen LogP contribution in [-0.4, -0.2) is 41.8 Å². The van der Waals surface area contributed by atoms with Gasteiger partial charge in [-0.25, -0.2) is 0 Å². The zero-order valence-corrected chi connectivity index (χ0v) is 12.2. The highest BCUT2D eigenvalue weighted by Crippen LogP contribution is 2.21. The van der Waals surface area contributed by atoms with Crippen molar-refractivity contribution in [3.8, 4) is 0 Å². The summed E-state index contributed by atoms with van der Waals surface area (Å²) in [5.74, 6) is 0. The first kappa shape index (κ1) is 14.1. The molecule has 3 heteroatoms. The predicted octanol–water partition coefficient (Wildman–Crippen LogP) is 1.94. The van der Waals surface area contributed by atoms with Crippen molar-refractivity contribution >= 4 is 0 Å². The van der Waals surface area contributed by atoms with Crippen LogP contribution >= 0.6 is 0 Å². The van der Waals surface area contributed by atoms with Crippen molar-refractivity contribution in [1.29, 1.82) is 0 Å². The van der Waals surface area contributed by atoms with Crippen LogP contribution < -0.4 is 5.32 Å². The third-order valence-corrected chi connectivity index (χ3v) is 4.50. The van der Waals surface area contributed by atoms with Gasteiger partial charge in [-0.1, -0.05) is 24.3 Å². The van der Waals surface area contributed by atoms with Crippen molar-refractivity contribution in [2.24, 2.45) is 0 Å². The van der Waals surface area contributed by atoms with Crippen molar-refractivity contribution in [2.45, 2.75) is 50.7 Å². The highest BCUT2D eigenvalue weighted by Gasteiger charge is 2.24. The molecule has 0 bridgehead atoms. The van der Waals surface area contributed by atoms with Crippen LogP contribution in [0.25, 0.3) is 0 Å². The quantitative estimate of drug-likeness (QED) is 0.832. The number of nitrogens with zero attached hydrogens (tertiary/aromatic N) is 1. The first-order valence-electron chi connectivity index (χ1n) is 8.01. The molecule has 0 saturated heterocycles. The Hall–Kier alpha value is -0.900. The molecule has 1 saturated carbocycles. The van der Waals surface area contributed by atoms with Gasteiger partial charge < -0.3 is 10.4 Å².